The number of alkyl halides is 6. The predicted molar refractivity (Wildman–Crippen MR) is 70.1 cm³/mol. The van der Waals surface area contributed by atoms with Crippen LogP contribution in [0.2, 0.25) is 0 Å². The maximum absolute atomic E-state index is 13.7. The molecular formula is C11H8F6O5S2. The van der Waals surface area contributed by atoms with Crippen LogP contribution in [0.15, 0.2) is 35.7 Å². The minimum Gasteiger partial charge on any atom is -0.281 e. The van der Waals surface area contributed by atoms with Crippen LogP contribution < -0.4 is 0 Å². The van der Waals surface area contributed by atoms with Gasteiger partial charge in [0.15, 0.2) is 0 Å². The molecule has 0 saturated heterocycles. The molecule has 13 heteroatoms. The van der Waals surface area contributed by atoms with Crippen LogP contribution in [0.5, 0.6) is 0 Å². The summed E-state index contributed by atoms with van der Waals surface area (Å²) in [6.45, 7) is 3.26. The first-order valence-corrected chi connectivity index (χ1v) is 8.54. The van der Waals surface area contributed by atoms with Crippen LogP contribution in [0.3, 0.4) is 0 Å². The Balaban J connectivity index is 3.58. The predicted octanol–water partition coefficient (Wildman–Crippen LogP) is 2.81. The number of halogens is 6. The molecule has 1 rings (SSSR count). The number of hydrogen-bond donors (Lipinski definition) is 1. The summed E-state index contributed by atoms with van der Waals surface area (Å²) in [5.41, 5.74) is 0.201. The van der Waals surface area contributed by atoms with Crippen molar-refractivity contribution in [3.8, 4) is 0 Å². The van der Waals surface area contributed by atoms with Gasteiger partial charge in [0.1, 0.15) is 0 Å². The Morgan fingerprint density at radius 3 is 1.62 bits per heavy atom. The lowest BCUT2D eigenvalue weighted by atomic mass is 10.2. The molecule has 0 atom stereocenters. The van der Waals surface area contributed by atoms with Crippen molar-refractivity contribution in [2.75, 3.05) is 0 Å². The third-order valence-electron chi connectivity index (χ3n) is 2.82. The van der Waals surface area contributed by atoms with E-state index in [4.69, 9.17) is 4.55 Å². The van der Waals surface area contributed by atoms with E-state index in [0.717, 1.165) is 18.2 Å². The van der Waals surface area contributed by atoms with Gasteiger partial charge in [-0.15, -0.1) is 0 Å². The van der Waals surface area contributed by atoms with Gasteiger partial charge >= 0.3 is 26.5 Å². The topological polar surface area (TPSA) is 88.5 Å². The van der Waals surface area contributed by atoms with Crippen LogP contribution in [0.25, 0.3) is 6.08 Å². The maximum Gasteiger partial charge on any atom is 0.439 e. The summed E-state index contributed by atoms with van der Waals surface area (Å²) in [5.74, 6) is -6.95. The van der Waals surface area contributed by atoms with Gasteiger partial charge in [-0.05, 0) is 17.7 Å². The molecule has 136 valence electrons. The van der Waals surface area contributed by atoms with Gasteiger partial charge in [-0.25, -0.2) is 8.42 Å². The van der Waals surface area contributed by atoms with E-state index in [9.17, 15) is 43.2 Å². The first-order chi connectivity index (χ1) is 10.5. The van der Waals surface area contributed by atoms with E-state index in [-0.39, 0.29) is 5.56 Å². The Morgan fingerprint density at radius 1 is 0.875 bits per heavy atom. The molecule has 0 bridgehead atoms. The van der Waals surface area contributed by atoms with E-state index in [0.29, 0.717) is 12.1 Å². The maximum atomic E-state index is 13.7. The summed E-state index contributed by atoms with van der Waals surface area (Å²) in [7, 11) is -13.5. The average molecular weight is 398 g/mol. The van der Waals surface area contributed by atoms with Gasteiger partial charge in [0.25, 0.3) is 0 Å². The van der Waals surface area contributed by atoms with Crippen molar-refractivity contribution >= 4 is 26.0 Å². The summed E-state index contributed by atoms with van der Waals surface area (Å²) < 4.78 is 132. The number of sulfone groups is 1. The zero-order valence-electron chi connectivity index (χ0n) is 11.3. The molecule has 0 aliphatic heterocycles. The standard InChI is InChI=1S/C11H8F6O5S2/c1-2-7-3-5-8(6-4-7)23(18,19)10(14,15)9(12,13)11(16,17)24(20,21)22/h2-6H,1H2,(H,20,21,22). The highest BCUT2D eigenvalue weighted by atomic mass is 32.2. The van der Waals surface area contributed by atoms with Crippen LogP contribution in [0, 0.1) is 0 Å². The second-order valence-corrected chi connectivity index (χ2v) is 7.81. The molecule has 0 heterocycles. The fourth-order valence-electron chi connectivity index (χ4n) is 1.43. The Morgan fingerprint density at radius 2 is 1.29 bits per heavy atom. The van der Waals surface area contributed by atoms with Crippen LogP contribution >= 0.6 is 0 Å². The third-order valence-corrected chi connectivity index (χ3v) is 5.55. The highest BCUT2D eigenvalue weighted by Gasteiger charge is 2.82. The van der Waals surface area contributed by atoms with E-state index < -0.39 is 41.3 Å². The molecule has 0 amide bonds. The van der Waals surface area contributed by atoms with Crippen LogP contribution in [0.1, 0.15) is 5.56 Å². The lowest BCUT2D eigenvalue weighted by Crippen LogP contribution is -2.60. The second-order valence-electron chi connectivity index (χ2n) is 4.36. The van der Waals surface area contributed by atoms with E-state index >= 15 is 0 Å². The molecule has 1 N–H and O–H groups in total. The fraction of sp³-hybridized carbons (Fsp3) is 0.273. The number of benzene rings is 1. The smallest absolute Gasteiger partial charge is 0.281 e. The van der Waals surface area contributed by atoms with Crippen molar-refractivity contribution in [1.29, 1.82) is 0 Å². The lowest BCUT2D eigenvalue weighted by Gasteiger charge is -2.30. The summed E-state index contributed by atoms with van der Waals surface area (Å²) in [5, 5.41) is -13.3. The molecule has 0 saturated carbocycles. The largest absolute Gasteiger partial charge is 0.439 e. The highest BCUT2D eigenvalue weighted by molar-refractivity contribution is 7.92. The van der Waals surface area contributed by atoms with Crippen LogP contribution in [0.4, 0.5) is 26.3 Å². The summed E-state index contributed by atoms with van der Waals surface area (Å²) in [6.07, 6.45) is 1.15. The molecule has 1 aromatic rings. The molecule has 24 heavy (non-hydrogen) atoms. The molecular weight excluding hydrogens is 390 g/mol. The van der Waals surface area contributed by atoms with Gasteiger partial charge in [0.05, 0.1) is 4.90 Å². The summed E-state index contributed by atoms with van der Waals surface area (Å²) in [6, 6.07) is 2.58. The first-order valence-electron chi connectivity index (χ1n) is 5.61. The van der Waals surface area contributed by atoms with E-state index in [1.54, 1.807) is 0 Å². The second kappa shape index (κ2) is 5.74. The summed E-state index contributed by atoms with van der Waals surface area (Å²) >= 11 is 0. The molecule has 0 aromatic heterocycles. The van der Waals surface area contributed by atoms with Crippen molar-refractivity contribution in [3.05, 3.63) is 36.4 Å². The molecule has 0 aliphatic rings. The Hall–Kier alpha value is -1.60. The zero-order valence-corrected chi connectivity index (χ0v) is 12.9. The van der Waals surface area contributed by atoms with Crippen molar-refractivity contribution in [2.24, 2.45) is 0 Å². The minimum absolute atomic E-state index is 0.201. The number of hydrogen-bond acceptors (Lipinski definition) is 4. The Bertz CT molecular complexity index is 843. The van der Waals surface area contributed by atoms with Crippen LogP contribution in [-0.2, 0) is 20.0 Å². The van der Waals surface area contributed by atoms with Gasteiger partial charge in [-0.3, -0.25) is 4.55 Å². The van der Waals surface area contributed by atoms with Gasteiger partial charge in [-0.1, -0.05) is 24.8 Å². The third kappa shape index (κ3) is 2.80. The van der Waals surface area contributed by atoms with Gasteiger partial charge in [0, 0.05) is 0 Å². The van der Waals surface area contributed by atoms with Crippen molar-refractivity contribution in [3.63, 3.8) is 0 Å². The average Bonchev–Trinajstić information content (AvgIpc) is 2.45. The quantitative estimate of drug-likeness (QED) is 0.588. The summed E-state index contributed by atoms with van der Waals surface area (Å²) in [4.78, 5) is -1.47. The first kappa shape index (κ1) is 20.4. The van der Waals surface area contributed by atoms with E-state index in [1.807, 2.05) is 0 Å². The van der Waals surface area contributed by atoms with Crippen molar-refractivity contribution in [1.82, 2.24) is 0 Å². The molecule has 0 fully saturated rings. The highest BCUT2D eigenvalue weighted by Crippen LogP contribution is 2.51. The van der Waals surface area contributed by atoms with Crippen LogP contribution in [-0.4, -0.2) is 37.8 Å². The molecule has 0 aliphatic carbocycles. The Labute approximate surface area is 132 Å². The number of rotatable bonds is 6. The van der Waals surface area contributed by atoms with E-state index in [1.165, 1.54) is 0 Å². The van der Waals surface area contributed by atoms with Gasteiger partial charge in [-0.2, -0.15) is 34.8 Å². The molecule has 1 aromatic carbocycles. The molecule has 0 radical (unpaired) electrons. The zero-order chi connectivity index (χ0) is 19.2. The molecule has 0 spiro atoms. The molecule has 5 nitrogen and oxygen atoms in total. The van der Waals surface area contributed by atoms with Crippen molar-refractivity contribution < 1.29 is 47.7 Å². The Kier molecular flexibility index (Phi) is 4.89. The van der Waals surface area contributed by atoms with Crippen molar-refractivity contribution in [2.45, 2.75) is 21.3 Å². The monoisotopic (exact) mass is 398 g/mol. The lowest BCUT2D eigenvalue weighted by molar-refractivity contribution is -0.245. The van der Waals surface area contributed by atoms with Gasteiger partial charge < -0.3 is 0 Å². The minimum atomic E-state index is -7.04. The fourth-order valence-corrected chi connectivity index (χ4v) is 3.20. The van der Waals surface area contributed by atoms with E-state index in [2.05, 4.69) is 6.58 Å². The normalized spacial score (nSPS) is 14.5. The SMILES string of the molecule is C=Cc1ccc(S(=O)(=O)C(F)(F)C(F)(F)C(F)(F)S(=O)(=O)O)cc1. The molecule has 0 unspecified atom stereocenters. The van der Waals surface area contributed by atoms with Gasteiger partial charge in [0.2, 0.25) is 9.84 Å².